The maximum absolute atomic E-state index is 12.5. The fourth-order valence-electron chi connectivity index (χ4n) is 5.79. The summed E-state index contributed by atoms with van der Waals surface area (Å²) < 4.78 is 0. The lowest BCUT2D eigenvalue weighted by molar-refractivity contribution is -0.164. The Bertz CT molecular complexity index is 575. The highest BCUT2D eigenvalue weighted by atomic mass is 16.3. The van der Waals surface area contributed by atoms with Crippen molar-refractivity contribution in [1.82, 2.24) is 0 Å². The summed E-state index contributed by atoms with van der Waals surface area (Å²) in [7, 11) is 0. The van der Waals surface area contributed by atoms with Crippen LogP contribution in [-0.2, 0) is 4.79 Å². The zero-order valence-electron chi connectivity index (χ0n) is 14.8. The molecule has 0 saturated heterocycles. The zero-order chi connectivity index (χ0) is 17.2. The van der Waals surface area contributed by atoms with Crippen molar-refractivity contribution in [3.8, 4) is 0 Å². The van der Waals surface area contributed by atoms with Crippen LogP contribution >= 0.6 is 0 Å². The molecular formula is C20H30O3. The molecule has 3 rings (SSSR count). The van der Waals surface area contributed by atoms with E-state index in [1.807, 2.05) is 26.8 Å². The molecular weight excluding hydrogens is 288 g/mol. The summed E-state index contributed by atoms with van der Waals surface area (Å²) in [4.78, 5) is 12.5. The highest BCUT2D eigenvalue weighted by molar-refractivity contribution is 5.85. The molecule has 0 aromatic carbocycles. The molecule has 3 heteroatoms. The third-order valence-corrected chi connectivity index (χ3v) is 7.34. The third-order valence-electron chi connectivity index (χ3n) is 7.34. The van der Waals surface area contributed by atoms with Gasteiger partial charge >= 0.3 is 0 Å². The highest BCUT2D eigenvalue weighted by Gasteiger charge is 2.60. The van der Waals surface area contributed by atoms with Crippen LogP contribution < -0.4 is 0 Å². The van der Waals surface area contributed by atoms with Crippen LogP contribution in [0, 0.1) is 28.1 Å². The Kier molecular flexibility index (Phi) is 3.70. The number of hydrogen-bond acceptors (Lipinski definition) is 3. The van der Waals surface area contributed by atoms with Gasteiger partial charge in [-0.15, -0.1) is 6.58 Å². The molecule has 2 N–H and O–H groups in total. The summed E-state index contributed by atoms with van der Waals surface area (Å²) in [5, 5.41) is 21.1. The second-order valence-corrected chi connectivity index (χ2v) is 9.06. The average Bonchev–Trinajstić information content (AvgIpc) is 2.47. The van der Waals surface area contributed by atoms with Crippen molar-refractivity contribution in [2.45, 2.75) is 65.6 Å². The number of ketones is 1. The predicted octanol–water partition coefficient (Wildman–Crippen LogP) is 3.26. The van der Waals surface area contributed by atoms with Crippen molar-refractivity contribution in [3.05, 3.63) is 24.3 Å². The fraction of sp³-hybridized carbons (Fsp3) is 0.750. The van der Waals surface area contributed by atoms with E-state index in [2.05, 4.69) is 19.6 Å². The largest absolute Gasteiger partial charge is 0.392 e. The van der Waals surface area contributed by atoms with Gasteiger partial charge in [0.2, 0.25) is 0 Å². The van der Waals surface area contributed by atoms with E-state index in [1.54, 1.807) is 0 Å². The van der Waals surface area contributed by atoms with E-state index in [0.717, 1.165) is 12.8 Å². The number of aliphatic hydroxyl groups is 2. The smallest absolute Gasteiger partial charge is 0.162 e. The molecule has 0 amide bonds. The molecule has 6 atom stereocenters. The van der Waals surface area contributed by atoms with Gasteiger partial charge in [-0.05, 0) is 36.5 Å². The number of aliphatic hydroxyl groups excluding tert-OH is 2. The second-order valence-electron chi connectivity index (χ2n) is 9.06. The first-order valence-electron chi connectivity index (χ1n) is 8.80. The molecule has 3 aliphatic rings. The molecule has 3 aliphatic carbocycles. The normalized spacial score (nSPS) is 49.0. The molecule has 3 nitrogen and oxygen atoms in total. The van der Waals surface area contributed by atoms with Gasteiger partial charge in [0.05, 0.1) is 6.10 Å². The van der Waals surface area contributed by atoms with Crippen molar-refractivity contribution in [3.63, 3.8) is 0 Å². The van der Waals surface area contributed by atoms with E-state index in [9.17, 15) is 15.0 Å². The molecule has 0 aromatic rings. The fourth-order valence-corrected chi connectivity index (χ4v) is 5.79. The molecule has 128 valence electrons. The van der Waals surface area contributed by atoms with E-state index >= 15 is 0 Å². The molecule has 0 spiro atoms. The molecule has 0 radical (unpaired) electrons. The number of Topliss-reactive ketones (excluding diaryl/α,β-unsaturated/α-hetero) is 1. The summed E-state index contributed by atoms with van der Waals surface area (Å²) in [6.45, 7) is 12.2. The Balaban J connectivity index is 2.05. The van der Waals surface area contributed by atoms with Crippen LogP contribution in [-0.4, -0.2) is 28.2 Å². The number of allylic oxidation sites excluding steroid dienone is 1. The minimum absolute atomic E-state index is 0.0402. The van der Waals surface area contributed by atoms with Gasteiger partial charge < -0.3 is 10.2 Å². The maximum Gasteiger partial charge on any atom is 0.162 e. The summed E-state index contributed by atoms with van der Waals surface area (Å²) in [5.74, 6) is 0.478. The van der Waals surface area contributed by atoms with Gasteiger partial charge in [0.25, 0.3) is 0 Å². The van der Waals surface area contributed by atoms with E-state index in [1.165, 1.54) is 5.57 Å². The summed E-state index contributed by atoms with van der Waals surface area (Å²) >= 11 is 0. The summed E-state index contributed by atoms with van der Waals surface area (Å²) in [6.07, 6.45) is 5.80. The standard InChI is InChI=1S/C20H30O3/c1-6-19(4)10-12-7-8-15-18(2,3)17(23)14(21)11-20(15,5)13(12)9-16(19)22/h6,10,13,15-17,22-23H,1,7-9,11H2,2-5H3/t13-,15+,16-,17+,19+,20-/m0/s1. The topological polar surface area (TPSA) is 57.5 Å². The van der Waals surface area contributed by atoms with Gasteiger partial charge in [0, 0.05) is 17.3 Å². The van der Waals surface area contributed by atoms with Crippen molar-refractivity contribution in [1.29, 1.82) is 0 Å². The van der Waals surface area contributed by atoms with Gasteiger partial charge in [-0.2, -0.15) is 0 Å². The van der Waals surface area contributed by atoms with Crippen LogP contribution in [0.4, 0.5) is 0 Å². The van der Waals surface area contributed by atoms with Crippen molar-refractivity contribution in [2.24, 2.45) is 28.1 Å². The van der Waals surface area contributed by atoms with Crippen LogP contribution in [0.2, 0.25) is 0 Å². The van der Waals surface area contributed by atoms with Gasteiger partial charge in [-0.3, -0.25) is 4.79 Å². The maximum atomic E-state index is 12.5. The van der Waals surface area contributed by atoms with Crippen LogP contribution in [0.3, 0.4) is 0 Å². The molecule has 0 aromatic heterocycles. The second kappa shape index (κ2) is 5.03. The molecule has 23 heavy (non-hydrogen) atoms. The summed E-state index contributed by atoms with van der Waals surface area (Å²) in [6, 6.07) is 0. The lowest BCUT2D eigenvalue weighted by atomic mass is 9.44. The van der Waals surface area contributed by atoms with Gasteiger partial charge in [0.15, 0.2) is 5.78 Å². The van der Waals surface area contributed by atoms with Gasteiger partial charge in [-0.25, -0.2) is 0 Å². The summed E-state index contributed by atoms with van der Waals surface area (Å²) in [5.41, 5.74) is 0.423. The third kappa shape index (κ3) is 2.20. The molecule has 0 unspecified atom stereocenters. The number of rotatable bonds is 1. The highest BCUT2D eigenvalue weighted by Crippen LogP contribution is 2.63. The quantitative estimate of drug-likeness (QED) is 0.730. The number of fused-ring (bicyclic) bond motifs is 3. The first-order valence-corrected chi connectivity index (χ1v) is 8.80. The van der Waals surface area contributed by atoms with E-state index in [4.69, 9.17) is 0 Å². The molecule has 2 fully saturated rings. The first kappa shape index (κ1) is 16.9. The van der Waals surface area contributed by atoms with Crippen LogP contribution in [0.1, 0.15) is 53.4 Å². The van der Waals surface area contributed by atoms with Crippen molar-refractivity contribution in [2.75, 3.05) is 0 Å². The molecule has 0 heterocycles. The molecule has 2 saturated carbocycles. The Morgan fingerprint density at radius 3 is 2.52 bits per heavy atom. The molecule has 0 bridgehead atoms. The average molecular weight is 318 g/mol. The Labute approximate surface area is 139 Å². The van der Waals surface area contributed by atoms with Gasteiger partial charge in [0.1, 0.15) is 6.10 Å². The van der Waals surface area contributed by atoms with E-state index in [0.29, 0.717) is 18.8 Å². The van der Waals surface area contributed by atoms with Gasteiger partial charge in [-0.1, -0.05) is 45.4 Å². The number of carbonyl (C=O) groups is 1. The minimum Gasteiger partial charge on any atom is -0.392 e. The number of carbonyl (C=O) groups excluding carboxylic acids is 1. The number of hydrogen-bond donors (Lipinski definition) is 2. The van der Waals surface area contributed by atoms with Crippen LogP contribution in [0.15, 0.2) is 24.3 Å². The van der Waals surface area contributed by atoms with E-state index < -0.39 is 17.6 Å². The lowest BCUT2D eigenvalue weighted by Crippen LogP contribution is -2.59. The molecule has 0 aliphatic heterocycles. The lowest BCUT2D eigenvalue weighted by Gasteiger charge is -2.60. The van der Waals surface area contributed by atoms with Crippen LogP contribution in [0.5, 0.6) is 0 Å². The Morgan fingerprint density at radius 2 is 1.91 bits per heavy atom. The van der Waals surface area contributed by atoms with Crippen LogP contribution in [0.25, 0.3) is 0 Å². The van der Waals surface area contributed by atoms with Crippen molar-refractivity contribution >= 4 is 5.78 Å². The minimum atomic E-state index is -0.863. The first-order chi connectivity index (χ1) is 10.6. The van der Waals surface area contributed by atoms with E-state index in [-0.39, 0.29) is 22.5 Å². The monoisotopic (exact) mass is 318 g/mol. The van der Waals surface area contributed by atoms with Crippen molar-refractivity contribution < 1.29 is 15.0 Å². The predicted molar refractivity (Wildman–Crippen MR) is 90.7 cm³/mol. The zero-order valence-corrected chi connectivity index (χ0v) is 14.8. The SMILES string of the molecule is C=C[C@]1(C)C=C2CC[C@@H]3C(C)(C)[C@H](O)C(=O)C[C@@]3(C)[C@H]2C[C@@H]1O. The Hall–Kier alpha value is -0.930. The Morgan fingerprint density at radius 1 is 1.26 bits per heavy atom.